The third-order valence-corrected chi connectivity index (χ3v) is 4.04. The maximum atomic E-state index is 10.7. The molecule has 1 rings (SSSR count). The molecule has 6 heteroatoms. The Morgan fingerprint density at radius 1 is 0.762 bits per heavy atom. The number of aliphatic carboxylic acids is 3. The lowest BCUT2D eigenvalue weighted by atomic mass is 9.71. The fourth-order valence-electron chi connectivity index (χ4n) is 3.10. The molecule has 1 radical (unpaired) electrons. The molecule has 1 aliphatic rings. The molecular weight excluding hydrogens is 276 g/mol. The van der Waals surface area contributed by atoms with Crippen molar-refractivity contribution in [2.24, 2.45) is 17.8 Å². The standard InChI is InChI=1S/C15H23O6/c16-13(17)4-1-10-7-11(2-5-14(18)19)9-12(8-10)3-6-15(20)21/h7,10-12H,1-6,8-9H2,(H,16,17)(H,18,19)(H,20,21). The summed E-state index contributed by atoms with van der Waals surface area (Å²) in [4.78, 5) is 32.0. The van der Waals surface area contributed by atoms with Gasteiger partial charge in [-0.05, 0) is 56.3 Å². The molecular formula is C15H23O6. The minimum Gasteiger partial charge on any atom is -0.481 e. The van der Waals surface area contributed by atoms with Crippen molar-refractivity contribution in [1.82, 2.24) is 0 Å². The second kappa shape index (κ2) is 8.64. The zero-order valence-electron chi connectivity index (χ0n) is 12.0. The van der Waals surface area contributed by atoms with Crippen LogP contribution in [-0.2, 0) is 14.4 Å². The first-order valence-corrected chi connectivity index (χ1v) is 7.37. The summed E-state index contributed by atoms with van der Waals surface area (Å²) >= 11 is 0. The lowest BCUT2D eigenvalue weighted by Crippen LogP contribution is -2.25. The predicted octanol–water partition coefficient (Wildman–Crippen LogP) is 2.43. The smallest absolute Gasteiger partial charge is 0.303 e. The summed E-state index contributed by atoms with van der Waals surface area (Å²) in [5, 5.41) is 26.3. The molecule has 0 aromatic heterocycles. The molecule has 6 nitrogen and oxygen atoms in total. The van der Waals surface area contributed by atoms with Crippen LogP contribution in [0.15, 0.2) is 0 Å². The zero-order valence-corrected chi connectivity index (χ0v) is 12.0. The molecule has 0 heterocycles. The van der Waals surface area contributed by atoms with E-state index >= 15 is 0 Å². The summed E-state index contributed by atoms with van der Waals surface area (Å²) < 4.78 is 0. The Labute approximate surface area is 124 Å². The Kier molecular flexibility index (Phi) is 7.19. The summed E-state index contributed by atoms with van der Waals surface area (Å²) in [5.74, 6) is -1.96. The first kappa shape index (κ1) is 17.5. The third-order valence-electron chi connectivity index (χ3n) is 4.04. The average Bonchev–Trinajstić information content (AvgIpc) is 2.40. The van der Waals surface area contributed by atoms with Crippen molar-refractivity contribution < 1.29 is 29.7 Å². The van der Waals surface area contributed by atoms with Gasteiger partial charge in [0, 0.05) is 19.3 Å². The lowest BCUT2D eigenvalue weighted by Gasteiger charge is -2.34. The van der Waals surface area contributed by atoms with E-state index in [1.807, 2.05) is 0 Å². The van der Waals surface area contributed by atoms with Crippen molar-refractivity contribution in [3.8, 4) is 0 Å². The van der Waals surface area contributed by atoms with Gasteiger partial charge in [0.2, 0.25) is 0 Å². The van der Waals surface area contributed by atoms with Gasteiger partial charge < -0.3 is 15.3 Å². The van der Waals surface area contributed by atoms with E-state index < -0.39 is 17.9 Å². The molecule has 2 unspecified atom stereocenters. The van der Waals surface area contributed by atoms with Crippen LogP contribution in [0.4, 0.5) is 0 Å². The summed E-state index contributed by atoms with van der Waals surface area (Å²) in [6, 6.07) is 0. The molecule has 0 aromatic carbocycles. The van der Waals surface area contributed by atoms with Crippen LogP contribution in [0.3, 0.4) is 0 Å². The monoisotopic (exact) mass is 299 g/mol. The quantitative estimate of drug-likeness (QED) is 0.603. The lowest BCUT2D eigenvalue weighted by molar-refractivity contribution is -0.138. The van der Waals surface area contributed by atoms with Crippen LogP contribution in [0.5, 0.6) is 0 Å². The highest BCUT2D eigenvalue weighted by atomic mass is 16.4. The van der Waals surface area contributed by atoms with E-state index in [0.717, 1.165) is 12.8 Å². The Bertz CT molecular complexity index is 315. The van der Waals surface area contributed by atoms with Crippen molar-refractivity contribution in [2.45, 2.75) is 51.4 Å². The fraction of sp³-hybridized carbons (Fsp3) is 0.733. The Hall–Kier alpha value is -1.59. The second-order valence-corrected chi connectivity index (χ2v) is 5.85. The van der Waals surface area contributed by atoms with Gasteiger partial charge in [-0.3, -0.25) is 14.4 Å². The van der Waals surface area contributed by atoms with Crippen LogP contribution >= 0.6 is 0 Å². The molecule has 0 aromatic rings. The molecule has 1 aliphatic carbocycles. The topological polar surface area (TPSA) is 112 Å². The van der Waals surface area contributed by atoms with E-state index in [0.29, 0.717) is 19.3 Å². The molecule has 0 aliphatic heterocycles. The van der Waals surface area contributed by atoms with E-state index in [-0.39, 0.29) is 37.0 Å². The highest BCUT2D eigenvalue weighted by molar-refractivity contribution is 5.67. The molecule has 119 valence electrons. The molecule has 3 N–H and O–H groups in total. The van der Waals surface area contributed by atoms with Gasteiger partial charge in [-0.2, -0.15) is 0 Å². The summed E-state index contributed by atoms with van der Waals surface area (Å²) in [6.07, 6.45) is 5.68. The van der Waals surface area contributed by atoms with E-state index in [9.17, 15) is 14.4 Å². The van der Waals surface area contributed by atoms with Gasteiger partial charge in [0.15, 0.2) is 0 Å². The molecule has 1 saturated carbocycles. The molecule has 0 spiro atoms. The molecule has 1 fully saturated rings. The minimum absolute atomic E-state index is 0.0957. The van der Waals surface area contributed by atoms with Gasteiger partial charge in [-0.25, -0.2) is 0 Å². The number of carboxylic acids is 3. The first-order valence-electron chi connectivity index (χ1n) is 7.37. The minimum atomic E-state index is -0.835. The second-order valence-electron chi connectivity index (χ2n) is 5.85. The maximum Gasteiger partial charge on any atom is 0.303 e. The third kappa shape index (κ3) is 7.68. The van der Waals surface area contributed by atoms with Gasteiger partial charge in [0.25, 0.3) is 0 Å². The van der Waals surface area contributed by atoms with Crippen LogP contribution in [0.25, 0.3) is 0 Å². The molecule has 0 amide bonds. The van der Waals surface area contributed by atoms with Gasteiger partial charge in [0.05, 0.1) is 0 Å². The molecule has 0 saturated heterocycles. The van der Waals surface area contributed by atoms with E-state index in [1.54, 1.807) is 0 Å². The predicted molar refractivity (Wildman–Crippen MR) is 74.6 cm³/mol. The van der Waals surface area contributed by atoms with Crippen LogP contribution < -0.4 is 0 Å². The Morgan fingerprint density at radius 3 is 1.52 bits per heavy atom. The van der Waals surface area contributed by atoms with E-state index in [4.69, 9.17) is 15.3 Å². The van der Waals surface area contributed by atoms with Crippen molar-refractivity contribution in [1.29, 1.82) is 0 Å². The fourth-order valence-corrected chi connectivity index (χ4v) is 3.10. The van der Waals surface area contributed by atoms with Gasteiger partial charge in [-0.1, -0.05) is 0 Å². The SMILES string of the molecule is O=C(O)CCC1[CH]C(CCC(=O)O)CC(CCC(=O)O)C1. The van der Waals surface area contributed by atoms with Crippen LogP contribution in [-0.4, -0.2) is 33.2 Å². The number of carbonyl (C=O) groups is 3. The van der Waals surface area contributed by atoms with Crippen molar-refractivity contribution in [3.63, 3.8) is 0 Å². The zero-order chi connectivity index (χ0) is 15.8. The highest BCUT2D eigenvalue weighted by Gasteiger charge is 2.29. The number of hydrogen-bond donors (Lipinski definition) is 3. The average molecular weight is 299 g/mol. The highest BCUT2D eigenvalue weighted by Crippen LogP contribution is 2.39. The Morgan fingerprint density at radius 2 is 1.14 bits per heavy atom. The van der Waals surface area contributed by atoms with E-state index in [1.165, 1.54) is 0 Å². The normalized spacial score (nSPS) is 25.4. The van der Waals surface area contributed by atoms with Gasteiger partial charge in [-0.15, -0.1) is 0 Å². The maximum absolute atomic E-state index is 10.7. The summed E-state index contributed by atoms with van der Waals surface area (Å²) in [5.41, 5.74) is 0. The van der Waals surface area contributed by atoms with Gasteiger partial charge >= 0.3 is 17.9 Å². The van der Waals surface area contributed by atoms with Crippen LogP contribution in [0, 0.1) is 24.2 Å². The number of carboxylic acid groups (broad SMARTS) is 3. The number of hydrogen-bond acceptors (Lipinski definition) is 3. The number of rotatable bonds is 9. The summed E-state index contributed by atoms with van der Waals surface area (Å²) in [7, 11) is 0. The largest absolute Gasteiger partial charge is 0.481 e. The molecule has 21 heavy (non-hydrogen) atoms. The van der Waals surface area contributed by atoms with E-state index in [2.05, 4.69) is 6.42 Å². The van der Waals surface area contributed by atoms with Crippen LogP contribution in [0.1, 0.15) is 51.4 Å². The van der Waals surface area contributed by atoms with Crippen molar-refractivity contribution in [3.05, 3.63) is 6.42 Å². The first-order chi connectivity index (χ1) is 9.86. The Balaban J connectivity index is 2.52. The van der Waals surface area contributed by atoms with Gasteiger partial charge in [0.1, 0.15) is 0 Å². The molecule has 0 bridgehead atoms. The van der Waals surface area contributed by atoms with Crippen molar-refractivity contribution >= 4 is 17.9 Å². The van der Waals surface area contributed by atoms with Crippen LogP contribution in [0.2, 0.25) is 0 Å². The van der Waals surface area contributed by atoms with Crippen molar-refractivity contribution in [2.75, 3.05) is 0 Å². The summed E-state index contributed by atoms with van der Waals surface area (Å²) in [6.45, 7) is 0. The molecule has 2 atom stereocenters.